The Morgan fingerprint density at radius 2 is 1.40 bits per heavy atom. The summed E-state index contributed by atoms with van der Waals surface area (Å²) < 4.78 is 26.6. The minimum absolute atomic E-state index is 0.661. The predicted octanol–water partition coefficient (Wildman–Crippen LogP) is 6.95. The molecule has 4 rings (SSSR count). The van der Waals surface area contributed by atoms with E-state index in [0.29, 0.717) is 5.92 Å². The first-order chi connectivity index (χ1) is 12.1. The summed E-state index contributed by atoms with van der Waals surface area (Å²) >= 11 is 0. The van der Waals surface area contributed by atoms with Gasteiger partial charge in [-0.2, -0.15) is 0 Å². The Labute approximate surface area is 149 Å². The van der Waals surface area contributed by atoms with Gasteiger partial charge in [-0.05, 0) is 84.6 Å². The lowest BCUT2D eigenvalue weighted by Gasteiger charge is -2.41. The summed E-state index contributed by atoms with van der Waals surface area (Å²) in [6, 6.07) is 12.6. The fraction of sp³-hybridized carbons (Fsp3) is 0.478. The van der Waals surface area contributed by atoms with Crippen LogP contribution in [0.15, 0.2) is 42.5 Å². The van der Waals surface area contributed by atoms with Crippen molar-refractivity contribution in [1.82, 2.24) is 0 Å². The zero-order valence-electron chi connectivity index (χ0n) is 14.8. The van der Waals surface area contributed by atoms with Crippen molar-refractivity contribution in [3.8, 4) is 11.1 Å². The second-order valence-electron chi connectivity index (χ2n) is 8.20. The average Bonchev–Trinajstić information content (AvgIpc) is 2.64. The molecule has 0 amide bonds. The van der Waals surface area contributed by atoms with Crippen molar-refractivity contribution in [2.24, 2.45) is 17.8 Å². The number of hydrogen-bond donors (Lipinski definition) is 0. The molecule has 2 saturated carbocycles. The lowest BCUT2D eigenvalue weighted by atomic mass is 9.64. The van der Waals surface area contributed by atoms with Gasteiger partial charge < -0.3 is 0 Å². The van der Waals surface area contributed by atoms with E-state index in [4.69, 9.17) is 0 Å². The van der Waals surface area contributed by atoms with Crippen LogP contribution in [0.4, 0.5) is 8.78 Å². The molecule has 1 unspecified atom stereocenters. The molecule has 2 aliphatic carbocycles. The van der Waals surface area contributed by atoms with Gasteiger partial charge in [-0.1, -0.05) is 43.7 Å². The molecule has 0 radical (unpaired) electrons. The van der Waals surface area contributed by atoms with Gasteiger partial charge >= 0.3 is 0 Å². The average molecular weight is 340 g/mol. The van der Waals surface area contributed by atoms with Gasteiger partial charge in [0.25, 0.3) is 0 Å². The van der Waals surface area contributed by atoms with Crippen LogP contribution >= 0.6 is 0 Å². The van der Waals surface area contributed by atoms with Crippen molar-refractivity contribution in [2.45, 2.75) is 51.4 Å². The number of halogens is 2. The predicted molar refractivity (Wildman–Crippen MR) is 98.4 cm³/mol. The number of benzene rings is 2. The first-order valence-electron chi connectivity index (χ1n) is 9.65. The van der Waals surface area contributed by atoms with Crippen LogP contribution in [-0.2, 0) is 0 Å². The molecule has 0 bridgehead atoms. The molecule has 0 spiro atoms. The van der Waals surface area contributed by atoms with Gasteiger partial charge in [0.2, 0.25) is 0 Å². The van der Waals surface area contributed by atoms with Gasteiger partial charge in [-0.3, -0.25) is 0 Å². The van der Waals surface area contributed by atoms with Crippen LogP contribution in [0.5, 0.6) is 0 Å². The molecule has 0 aliphatic heterocycles. The summed E-state index contributed by atoms with van der Waals surface area (Å²) in [6.45, 7) is 2.40. The highest BCUT2D eigenvalue weighted by molar-refractivity contribution is 5.63. The lowest BCUT2D eigenvalue weighted by molar-refractivity contribution is 0.124. The molecule has 2 aromatic rings. The van der Waals surface area contributed by atoms with Crippen LogP contribution in [0.2, 0.25) is 0 Å². The molecule has 25 heavy (non-hydrogen) atoms. The lowest BCUT2D eigenvalue weighted by Crippen LogP contribution is -2.29. The van der Waals surface area contributed by atoms with Crippen LogP contribution in [0.25, 0.3) is 11.1 Å². The standard InChI is InChI=1S/C23H26F2/c1-15-2-3-20-13-19(9-8-18(20)12-15)16-4-6-17(7-5-16)21-10-11-22(24)23(25)14-21/h4-7,10-11,14-15,18-20H,2-3,8-9,12-13H2,1H3/t15?,18-,19-,20-/m1/s1. The van der Waals surface area contributed by atoms with E-state index in [9.17, 15) is 8.78 Å². The molecule has 0 aromatic heterocycles. The zero-order chi connectivity index (χ0) is 17.4. The smallest absolute Gasteiger partial charge is 0.159 e. The van der Waals surface area contributed by atoms with Crippen molar-refractivity contribution < 1.29 is 8.78 Å². The summed E-state index contributed by atoms with van der Waals surface area (Å²) in [5.74, 6) is 1.84. The van der Waals surface area contributed by atoms with Crippen molar-refractivity contribution in [1.29, 1.82) is 0 Å². The monoisotopic (exact) mass is 340 g/mol. The largest absolute Gasteiger partial charge is 0.204 e. The van der Waals surface area contributed by atoms with E-state index in [1.54, 1.807) is 6.07 Å². The maximum absolute atomic E-state index is 13.4. The topological polar surface area (TPSA) is 0 Å². The minimum atomic E-state index is -0.793. The van der Waals surface area contributed by atoms with Gasteiger partial charge in [0.1, 0.15) is 0 Å². The minimum Gasteiger partial charge on any atom is -0.204 e. The van der Waals surface area contributed by atoms with E-state index in [0.717, 1.165) is 28.9 Å². The van der Waals surface area contributed by atoms with Crippen molar-refractivity contribution in [3.05, 3.63) is 59.7 Å². The van der Waals surface area contributed by atoms with Crippen LogP contribution in [0.3, 0.4) is 0 Å². The Balaban J connectivity index is 1.48. The van der Waals surface area contributed by atoms with E-state index in [2.05, 4.69) is 31.2 Å². The fourth-order valence-corrected chi connectivity index (χ4v) is 5.05. The SMILES string of the molecule is CC1CC[C@@H]2C[C@H](c3ccc(-c4ccc(F)c(F)c4)cc3)CC[C@@H]2C1. The first kappa shape index (κ1) is 16.8. The maximum atomic E-state index is 13.4. The van der Waals surface area contributed by atoms with E-state index in [1.807, 2.05) is 0 Å². The van der Waals surface area contributed by atoms with Crippen LogP contribution < -0.4 is 0 Å². The molecule has 0 nitrogen and oxygen atoms in total. The molecule has 2 heteroatoms. The van der Waals surface area contributed by atoms with Crippen molar-refractivity contribution in [2.75, 3.05) is 0 Å². The highest BCUT2D eigenvalue weighted by atomic mass is 19.2. The molecule has 0 saturated heterocycles. The molecule has 4 atom stereocenters. The van der Waals surface area contributed by atoms with Crippen molar-refractivity contribution >= 4 is 0 Å². The molecule has 0 heterocycles. The fourth-order valence-electron chi connectivity index (χ4n) is 5.05. The van der Waals surface area contributed by atoms with E-state index in [-0.39, 0.29) is 0 Å². The Morgan fingerprint density at radius 1 is 0.720 bits per heavy atom. The van der Waals surface area contributed by atoms with E-state index >= 15 is 0 Å². The second-order valence-corrected chi connectivity index (χ2v) is 8.20. The van der Waals surface area contributed by atoms with Crippen LogP contribution in [0.1, 0.15) is 56.9 Å². The van der Waals surface area contributed by atoms with Crippen molar-refractivity contribution in [3.63, 3.8) is 0 Å². The molecule has 2 aromatic carbocycles. The summed E-state index contributed by atoms with van der Waals surface area (Å²) in [7, 11) is 0. The van der Waals surface area contributed by atoms with Gasteiger partial charge in [0.05, 0.1) is 0 Å². The van der Waals surface area contributed by atoms with E-state index in [1.165, 1.54) is 56.2 Å². The summed E-state index contributed by atoms with van der Waals surface area (Å²) in [5, 5.41) is 0. The van der Waals surface area contributed by atoms with Gasteiger partial charge in [0.15, 0.2) is 11.6 Å². The molecule has 2 fully saturated rings. The van der Waals surface area contributed by atoms with Gasteiger partial charge in [-0.15, -0.1) is 0 Å². The Kier molecular flexibility index (Phi) is 4.62. The zero-order valence-corrected chi connectivity index (χ0v) is 14.8. The third-order valence-corrected chi connectivity index (χ3v) is 6.51. The molecular weight excluding hydrogens is 314 g/mol. The summed E-state index contributed by atoms with van der Waals surface area (Å²) in [4.78, 5) is 0. The highest BCUT2D eigenvalue weighted by Gasteiger charge is 2.34. The Morgan fingerprint density at radius 3 is 2.16 bits per heavy atom. The molecular formula is C23H26F2. The normalized spacial score (nSPS) is 29.2. The summed E-state index contributed by atoms with van der Waals surface area (Å²) in [6.07, 6.45) is 8.19. The van der Waals surface area contributed by atoms with E-state index < -0.39 is 11.6 Å². The van der Waals surface area contributed by atoms with Gasteiger partial charge in [0, 0.05) is 0 Å². The van der Waals surface area contributed by atoms with Gasteiger partial charge in [-0.25, -0.2) is 8.78 Å². The number of hydrogen-bond acceptors (Lipinski definition) is 0. The third-order valence-electron chi connectivity index (χ3n) is 6.51. The Hall–Kier alpha value is -1.70. The van der Waals surface area contributed by atoms with Crippen LogP contribution in [0, 0.1) is 29.4 Å². The number of rotatable bonds is 2. The maximum Gasteiger partial charge on any atom is 0.159 e. The first-order valence-corrected chi connectivity index (χ1v) is 9.65. The molecule has 0 N–H and O–H groups in total. The number of fused-ring (bicyclic) bond motifs is 1. The molecule has 2 aliphatic rings. The summed E-state index contributed by atoms with van der Waals surface area (Å²) in [5.41, 5.74) is 3.08. The molecule has 132 valence electrons. The quantitative estimate of drug-likeness (QED) is 0.555. The Bertz CT molecular complexity index is 734. The second kappa shape index (κ2) is 6.90. The van der Waals surface area contributed by atoms with Crippen LogP contribution in [-0.4, -0.2) is 0 Å². The highest BCUT2D eigenvalue weighted by Crippen LogP contribution is 2.47. The third kappa shape index (κ3) is 3.49.